The SMILES string of the molecule is O=C(COC(=O)c1ccccc1)Nc1ccc(Cl)c(C(F)(F)F)c1. The van der Waals surface area contributed by atoms with Gasteiger partial charge in [-0.3, -0.25) is 4.79 Å². The highest BCUT2D eigenvalue weighted by Crippen LogP contribution is 2.36. The molecule has 0 aliphatic heterocycles. The van der Waals surface area contributed by atoms with Crippen molar-refractivity contribution in [2.45, 2.75) is 6.18 Å². The van der Waals surface area contributed by atoms with E-state index >= 15 is 0 Å². The molecule has 0 spiro atoms. The fourth-order valence-electron chi connectivity index (χ4n) is 1.81. The molecule has 1 N–H and O–H groups in total. The molecular weight excluding hydrogens is 347 g/mol. The number of hydrogen-bond donors (Lipinski definition) is 1. The van der Waals surface area contributed by atoms with E-state index in [0.29, 0.717) is 6.07 Å². The quantitative estimate of drug-likeness (QED) is 0.836. The van der Waals surface area contributed by atoms with Gasteiger partial charge in [0.15, 0.2) is 6.61 Å². The summed E-state index contributed by atoms with van der Waals surface area (Å²) in [5.41, 5.74) is -0.910. The largest absolute Gasteiger partial charge is 0.452 e. The lowest BCUT2D eigenvalue weighted by atomic mass is 10.2. The Morgan fingerprint density at radius 1 is 1.08 bits per heavy atom. The van der Waals surface area contributed by atoms with Crippen LogP contribution in [0.1, 0.15) is 15.9 Å². The number of benzene rings is 2. The van der Waals surface area contributed by atoms with Crippen LogP contribution in [0.25, 0.3) is 0 Å². The van der Waals surface area contributed by atoms with Crippen molar-refractivity contribution >= 4 is 29.2 Å². The van der Waals surface area contributed by atoms with Crippen LogP contribution in [-0.4, -0.2) is 18.5 Å². The van der Waals surface area contributed by atoms with E-state index in [1.54, 1.807) is 18.2 Å². The molecule has 2 aromatic rings. The summed E-state index contributed by atoms with van der Waals surface area (Å²) in [6, 6.07) is 10.9. The van der Waals surface area contributed by atoms with Crippen molar-refractivity contribution in [3.05, 3.63) is 64.7 Å². The summed E-state index contributed by atoms with van der Waals surface area (Å²) in [6.45, 7) is -0.627. The van der Waals surface area contributed by atoms with Crippen LogP contribution in [0.4, 0.5) is 18.9 Å². The van der Waals surface area contributed by atoms with Gasteiger partial charge in [-0.1, -0.05) is 29.8 Å². The molecule has 1 amide bonds. The molecule has 8 heteroatoms. The van der Waals surface area contributed by atoms with Gasteiger partial charge >= 0.3 is 12.1 Å². The minimum Gasteiger partial charge on any atom is -0.452 e. The molecule has 24 heavy (non-hydrogen) atoms. The summed E-state index contributed by atoms with van der Waals surface area (Å²) in [6.07, 6.45) is -4.64. The Kier molecular flexibility index (Phi) is 5.46. The van der Waals surface area contributed by atoms with Gasteiger partial charge in [-0.2, -0.15) is 13.2 Å². The summed E-state index contributed by atoms with van der Waals surface area (Å²) in [5.74, 6) is -1.48. The topological polar surface area (TPSA) is 55.4 Å². The van der Waals surface area contributed by atoms with Crippen LogP contribution < -0.4 is 5.32 Å². The van der Waals surface area contributed by atoms with E-state index in [1.807, 2.05) is 0 Å². The number of esters is 1. The molecular formula is C16H11ClF3NO3. The third kappa shape index (κ3) is 4.73. The first-order valence-electron chi connectivity index (χ1n) is 6.66. The Bertz CT molecular complexity index is 748. The molecule has 0 aromatic heterocycles. The van der Waals surface area contributed by atoms with E-state index in [2.05, 4.69) is 5.32 Å². The lowest BCUT2D eigenvalue weighted by Gasteiger charge is -2.12. The number of hydrogen-bond acceptors (Lipinski definition) is 3. The number of carbonyl (C=O) groups excluding carboxylic acids is 2. The summed E-state index contributed by atoms with van der Waals surface area (Å²) in [5, 5.41) is 1.74. The van der Waals surface area contributed by atoms with Gasteiger partial charge in [-0.15, -0.1) is 0 Å². The third-order valence-electron chi connectivity index (χ3n) is 2.90. The predicted octanol–water partition coefficient (Wildman–Crippen LogP) is 4.15. The molecule has 0 radical (unpaired) electrons. The number of amides is 1. The van der Waals surface area contributed by atoms with Crippen LogP contribution in [0, 0.1) is 0 Å². The predicted molar refractivity (Wildman–Crippen MR) is 81.8 cm³/mol. The summed E-state index contributed by atoms with van der Waals surface area (Å²) >= 11 is 5.49. The van der Waals surface area contributed by atoms with Gasteiger partial charge in [0.05, 0.1) is 16.1 Å². The van der Waals surface area contributed by atoms with E-state index in [4.69, 9.17) is 16.3 Å². The molecule has 0 saturated heterocycles. The molecule has 0 aliphatic carbocycles. The van der Waals surface area contributed by atoms with Crippen molar-refractivity contribution in [1.82, 2.24) is 0 Å². The van der Waals surface area contributed by atoms with E-state index in [9.17, 15) is 22.8 Å². The first-order chi connectivity index (χ1) is 11.3. The highest BCUT2D eigenvalue weighted by molar-refractivity contribution is 6.31. The van der Waals surface area contributed by atoms with Gasteiger partial charge in [0, 0.05) is 5.69 Å². The second-order valence-electron chi connectivity index (χ2n) is 4.68. The number of rotatable bonds is 4. The fourth-order valence-corrected chi connectivity index (χ4v) is 2.03. The zero-order valence-corrected chi connectivity index (χ0v) is 12.8. The van der Waals surface area contributed by atoms with Crippen molar-refractivity contribution in [2.75, 3.05) is 11.9 Å². The Morgan fingerprint density at radius 3 is 2.38 bits per heavy atom. The second-order valence-corrected chi connectivity index (χ2v) is 5.09. The Hall–Kier alpha value is -2.54. The number of halogens is 4. The molecule has 0 heterocycles. The van der Waals surface area contributed by atoms with Crippen molar-refractivity contribution < 1.29 is 27.5 Å². The average Bonchev–Trinajstić information content (AvgIpc) is 2.54. The Balaban J connectivity index is 1.97. The molecule has 0 saturated carbocycles. The van der Waals surface area contributed by atoms with Crippen LogP contribution >= 0.6 is 11.6 Å². The maximum atomic E-state index is 12.7. The normalized spacial score (nSPS) is 11.0. The lowest BCUT2D eigenvalue weighted by molar-refractivity contribution is -0.137. The zero-order valence-electron chi connectivity index (χ0n) is 12.1. The standard InChI is InChI=1S/C16H11ClF3NO3/c17-13-7-6-11(8-12(13)16(18,19)20)21-14(22)9-24-15(23)10-4-2-1-3-5-10/h1-8H,9H2,(H,21,22). The second kappa shape index (κ2) is 7.35. The Labute approximate surface area is 140 Å². The first-order valence-corrected chi connectivity index (χ1v) is 7.04. The van der Waals surface area contributed by atoms with E-state index in [0.717, 1.165) is 6.07 Å². The third-order valence-corrected chi connectivity index (χ3v) is 3.23. The van der Waals surface area contributed by atoms with E-state index in [1.165, 1.54) is 18.2 Å². The van der Waals surface area contributed by atoms with Crippen LogP contribution in [-0.2, 0) is 15.7 Å². The monoisotopic (exact) mass is 357 g/mol. The van der Waals surface area contributed by atoms with Crippen LogP contribution in [0.3, 0.4) is 0 Å². The van der Waals surface area contributed by atoms with Gasteiger partial charge in [-0.25, -0.2) is 4.79 Å². The number of ether oxygens (including phenoxy) is 1. The summed E-state index contributed by atoms with van der Waals surface area (Å²) < 4.78 is 43.0. The molecule has 0 unspecified atom stereocenters. The van der Waals surface area contributed by atoms with Gasteiger partial charge in [0.2, 0.25) is 0 Å². The van der Waals surface area contributed by atoms with Crippen molar-refractivity contribution in [3.63, 3.8) is 0 Å². The highest BCUT2D eigenvalue weighted by atomic mass is 35.5. The van der Waals surface area contributed by atoms with Crippen molar-refractivity contribution in [1.29, 1.82) is 0 Å². The molecule has 0 fully saturated rings. The number of anilines is 1. The van der Waals surface area contributed by atoms with Crippen LogP contribution in [0.5, 0.6) is 0 Å². The molecule has 2 rings (SSSR count). The molecule has 0 aliphatic rings. The maximum absolute atomic E-state index is 12.7. The maximum Gasteiger partial charge on any atom is 0.417 e. The van der Waals surface area contributed by atoms with E-state index in [-0.39, 0.29) is 11.3 Å². The number of alkyl halides is 3. The lowest BCUT2D eigenvalue weighted by Crippen LogP contribution is -2.21. The van der Waals surface area contributed by atoms with Gasteiger partial charge in [0.1, 0.15) is 0 Å². The van der Waals surface area contributed by atoms with Gasteiger partial charge < -0.3 is 10.1 Å². The molecule has 2 aromatic carbocycles. The molecule has 126 valence electrons. The first kappa shape index (κ1) is 17.8. The molecule has 0 atom stereocenters. The Morgan fingerprint density at radius 2 is 1.75 bits per heavy atom. The van der Waals surface area contributed by atoms with Crippen molar-refractivity contribution in [2.24, 2.45) is 0 Å². The van der Waals surface area contributed by atoms with E-state index < -0.39 is 35.2 Å². The van der Waals surface area contributed by atoms with Gasteiger partial charge in [-0.05, 0) is 30.3 Å². The fraction of sp³-hybridized carbons (Fsp3) is 0.125. The highest BCUT2D eigenvalue weighted by Gasteiger charge is 2.33. The van der Waals surface area contributed by atoms with Crippen LogP contribution in [0.15, 0.2) is 48.5 Å². The summed E-state index contributed by atoms with van der Waals surface area (Å²) in [4.78, 5) is 23.4. The number of nitrogens with one attached hydrogen (secondary N) is 1. The minimum absolute atomic E-state index is 0.104. The molecule has 0 bridgehead atoms. The minimum atomic E-state index is -4.64. The van der Waals surface area contributed by atoms with Gasteiger partial charge in [0.25, 0.3) is 5.91 Å². The smallest absolute Gasteiger partial charge is 0.417 e. The summed E-state index contributed by atoms with van der Waals surface area (Å²) in [7, 11) is 0. The average molecular weight is 358 g/mol. The molecule has 4 nitrogen and oxygen atoms in total. The number of carbonyl (C=O) groups is 2. The van der Waals surface area contributed by atoms with Crippen molar-refractivity contribution in [3.8, 4) is 0 Å². The zero-order chi connectivity index (χ0) is 17.7. The van der Waals surface area contributed by atoms with Crippen LogP contribution in [0.2, 0.25) is 5.02 Å².